The van der Waals surface area contributed by atoms with Crippen LogP contribution in [-0.2, 0) is 0 Å². The maximum Gasteiger partial charge on any atom is 0.211 e. The highest BCUT2D eigenvalue weighted by Crippen LogP contribution is 2.09. The highest BCUT2D eigenvalue weighted by Gasteiger charge is 1.99. The van der Waals surface area contributed by atoms with Crippen molar-refractivity contribution in [2.45, 2.75) is 25.4 Å². The second-order valence-electron chi connectivity index (χ2n) is 2.35. The van der Waals surface area contributed by atoms with E-state index >= 15 is 0 Å². The molecule has 1 heterocycles. The molecule has 12 heavy (non-hydrogen) atoms. The Morgan fingerprint density at radius 1 is 1.75 bits per heavy atom. The molecule has 0 aliphatic heterocycles. The first-order valence-electron chi connectivity index (χ1n) is 3.76. The summed E-state index contributed by atoms with van der Waals surface area (Å²) in [6.45, 7) is 4.06. The van der Waals surface area contributed by atoms with Gasteiger partial charge < -0.3 is 0 Å². The van der Waals surface area contributed by atoms with E-state index < -0.39 is 0 Å². The van der Waals surface area contributed by atoms with Crippen LogP contribution >= 0.6 is 11.8 Å². The fourth-order valence-electron chi connectivity index (χ4n) is 0.677. The Balaban J connectivity index is 2.87. The fourth-order valence-corrected chi connectivity index (χ4v) is 1.08. The molecule has 66 valence electrons. The van der Waals surface area contributed by atoms with Crippen molar-refractivity contribution in [3.05, 3.63) is 6.33 Å². The predicted octanol–water partition coefficient (Wildman–Crippen LogP) is 1.63. The molecule has 1 aromatic rings. The van der Waals surface area contributed by atoms with E-state index in [9.17, 15) is 0 Å². The van der Waals surface area contributed by atoms with Crippen LogP contribution in [0.15, 0.2) is 16.6 Å². The quantitative estimate of drug-likeness (QED) is 0.529. The lowest BCUT2D eigenvalue weighted by Gasteiger charge is -1.97. The molecule has 0 radical (unpaired) electrons. The second kappa shape index (κ2) is 4.25. The van der Waals surface area contributed by atoms with Gasteiger partial charge in [0.1, 0.15) is 6.33 Å². The molecule has 4 nitrogen and oxygen atoms in total. The van der Waals surface area contributed by atoms with Gasteiger partial charge in [-0.05, 0) is 19.6 Å². The maximum atomic E-state index is 4.30. The summed E-state index contributed by atoms with van der Waals surface area (Å²) in [7, 11) is 0. The molecule has 5 heteroatoms. The minimum absolute atomic E-state index is 0.822. The monoisotopic (exact) mass is 184 g/mol. The van der Waals surface area contributed by atoms with Crippen molar-refractivity contribution in [1.29, 1.82) is 0 Å². The van der Waals surface area contributed by atoms with E-state index in [-0.39, 0.29) is 0 Å². The van der Waals surface area contributed by atoms with Crippen molar-refractivity contribution in [2.24, 2.45) is 5.10 Å². The van der Waals surface area contributed by atoms with Crippen LogP contribution in [0.4, 0.5) is 0 Å². The number of hydrogen-bond donors (Lipinski definition) is 0. The third-order valence-electron chi connectivity index (χ3n) is 1.47. The minimum Gasteiger partial charge on any atom is -0.195 e. The van der Waals surface area contributed by atoms with E-state index in [1.54, 1.807) is 11.0 Å². The Morgan fingerprint density at radius 3 is 3.08 bits per heavy atom. The largest absolute Gasteiger partial charge is 0.211 e. The highest BCUT2D eigenvalue weighted by atomic mass is 32.2. The lowest BCUT2D eigenvalue weighted by atomic mass is 10.3. The van der Waals surface area contributed by atoms with Crippen LogP contribution in [0.2, 0.25) is 0 Å². The number of aromatic nitrogens is 3. The van der Waals surface area contributed by atoms with E-state index in [4.69, 9.17) is 0 Å². The van der Waals surface area contributed by atoms with Crippen molar-refractivity contribution in [2.75, 3.05) is 6.26 Å². The molecule has 0 spiro atoms. The summed E-state index contributed by atoms with van der Waals surface area (Å²) in [5, 5.41) is 12.8. The third-order valence-corrected chi connectivity index (χ3v) is 2.11. The smallest absolute Gasteiger partial charge is 0.195 e. The number of hydrogen-bond acceptors (Lipinski definition) is 4. The molecule has 0 saturated carbocycles. The molecule has 0 aliphatic rings. The van der Waals surface area contributed by atoms with Crippen LogP contribution in [0.1, 0.15) is 20.3 Å². The summed E-state index contributed by atoms with van der Waals surface area (Å²) in [5.74, 6) is 0. The molecule has 0 aliphatic carbocycles. The minimum atomic E-state index is 0.822. The predicted molar refractivity (Wildman–Crippen MR) is 50.6 cm³/mol. The van der Waals surface area contributed by atoms with Crippen LogP contribution in [-0.4, -0.2) is 26.8 Å². The number of nitrogens with zero attached hydrogens (tertiary/aromatic N) is 4. The van der Waals surface area contributed by atoms with Crippen LogP contribution in [0.25, 0.3) is 0 Å². The zero-order chi connectivity index (χ0) is 8.97. The van der Waals surface area contributed by atoms with Gasteiger partial charge in [0.05, 0.1) is 0 Å². The van der Waals surface area contributed by atoms with Crippen LogP contribution < -0.4 is 0 Å². The Morgan fingerprint density at radius 2 is 2.50 bits per heavy atom. The van der Waals surface area contributed by atoms with E-state index in [0.29, 0.717) is 0 Å². The van der Waals surface area contributed by atoms with Crippen molar-refractivity contribution in [1.82, 2.24) is 14.9 Å². The first kappa shape index (κ1) is 9.25. The average molecular weight is 184 g/mol. The first-order valence-corrected chi connectivity index (χ1v) is 4.98. The summed E-state index contributed by atoms with van der Waals surface area (Å²) < 4.78 is 1.70. The van der Waals surface area contributed by atoms with E-state index in [0.717, 1.165) is 17.3 Å². The fraction of sp³-hybridized carbons (Fsp3) is 0.571. The summed E-state index contributed by atoms with van der Waals surface area (Å²) in [4.78, 5) is 0. The molecule has 0 saturated heterocycles. The number of rotatable bonds is 3. The lowest BCUT2D eigenvalue weighted by Crippen LogP contribution is -1.95. The first-order chi connectivity index (χ1) is 5.77. The normalized spacial score (nSPS) is 12.1. The van der Waals surface area contributed by atoms with Crippen LogP contribution in [0.3, 0.4) is 0 Å². The summed E-state index contributed by atoms with van der Waals surface area (Å²) in [6, 6.07) is 0. The van der Waals surface area contributed by atoms with Crippen molar-refractivity contribution in [3.8, 4) is 0 Å². The van der Waals surface area contributed by atoms with Gasteiger partial charge in [0, 0.05) is 5.71 Å². The standard InChI is InChI=1S/C7H12N4S/c1-4-6(2)10-11-5-8-9-7(11)12-3/h5H,4H2,1-3H3. The van der Waals surface area contributed by atoms with Gasteiger partial charge in [0.15, 0.2) is 0 Å². The van der Waals surface area contributed by atoms with Crippen molar-refractivity contribution >= 4 is 17.5 Å². The number of thioether (sulfide) groups is 1. The Kier molecular flexibility index (Phi) is 3.28. The van der Waals surface area contributed by atoms with Gasteiger partial charge in [0.2, 0.25) is 5.16 Å². The van der Waals surface area contributed by atoms with E-state index in [2.05, 4.69) is 22.2 Å². The zero-order valence-electron chi connectivity index (χ0n) is 7.48. The Labute approximate surface area is 76.1 Å². The van der Waals surface area contributed by atoms with Gasteiger partial charge >= 0.3 is 0 Å². The Hall–Kier alpha value is -0.840. The molecule has 0 bridgehead atoms. The molecule has 0 amide bonds. The molecule has 0 atom stereocenters. The molecular formula is C7H12N4S. The molecular weight excluding hydrogens is 172 g/mol. The summed E-state index contributed by atoms with van der Waals surface area (Å²) >= 11 is 1.54. The second-order valence-corrected chi connectivity index (χ2v) is 3.12. The van der Waals surface area contributed by atoms with Crippen molar-refractivity contribution < 1.29 is 0 Å². The average Bonchev–Trinajstić information content (AvgIpc) is 2.51. The van der Waals surface area contributed by atoms with E-state index in [1.807, 2.05) is 13.2 Å². The Bertz CT molecular complexity index is 279. The zero-order valence-corrected chi connectivity index (χ0v) is 8.30. The maximum absolute atomic E-state index is 4.30. The molecule has 1 rings (SSSR count). The molecule has 0 N–H and O–H groups in total. The van der Waals surface area contributed by atoms with Gasteiger partial charge in [-0.1, -0.05) is 18.7 Å². The van der Waals surface area contributed by atoms with Gasteiger partial charge in [-0.2, -0.15) is 9.78 Å². The van der Waals surface area contributed by atoms with Crippen molar-refractivity contribution in [3.63, 3.8) is 0 Å². The highest BCUT2D eigenvalue weighted by molar-refractivity contribution is 7.98. The van der Waals surface area contributed by atoms with Gasteiger partial charge in [-0.25, -0.2) is 0 Å². The molecule has 0 fully saturated rings. The van der Waals surface area contributed by atoms with Gasteiger partial charge in [0.25, 0.3) is 0 Å². The van der Waals surface area contributed by atoms with Crippen LogP contribution in [0, 0.1) is 0 Å². The summed E-state index contributed by atoms with van der Waals surface area (Å²) in [5.41, 5.74) is 1.07. The lowest BCUT2D eigenvalue weighted by molar-refractivity contribution is 0.759. The van der Waals surface area contributed by atoms with Crippen LogP contribution in [0.5, 0.6) is 0 Å². The SMILES string of the molecule is CCC(C)=Nn1cnnc1SC. The molecule has 1 aromatic heterocycles. The third kappa shape index (κ3) is 2.07. The van der Waals surface area contributed by atoms with E-state index in [1.165, 1.54) is 11.8 Å². The molecule has 0 aromatic carbocycles. The van der Waals surface area contributed by atoms with Gasteiger partial charge in [-0.15, -0.1) is 10.2 Å². The molecule has 0 unspecified atom stereocenters. The summed E-state index contributed by atoms with van der Waals surface area (Å²) in [6.07, 6.45) is 4.52. The van der Waals surface area contributed by atoms with Gasteiger partial charge in [-0.3, -0.25) is 0 Å². The topological polar surface area (TPSA) is 43.1 Å².